The van der Waals surface area contributed by atoms with E-state index >= 15 is 0 Å². The van der Waals surface area contributed by atoms with Gasteiger partial charge in [0.1, 0.15) is 5.75 Å². The van der Waals surface area contributed by atoms with Crippen molar-refractivity contribution in [1.29, 1.82) is 0 Å². The Labute approximate surface area is 145 Å². The van der Waals surface area contributed by atoms with Gasteiger partial charge in [0, 0.05) is 0 Å². The van der Waals surface area contributed by atoms with Crippen LogP contribution in [-0.4, -0.2) is 13.0 Å². The number of rotatable bonds is 6. The molecule has 1 atom stereocenters. The van der Waals surface area contributed by atoms with Gasteiger partial charge in [0.2, 0.25) is 5.91 Å². The van der Waals surface area contributed by atoms with E-state index in [1.165, 1.54) is 5.56 Å². The van der Waals surface area contributed by atoms with Gasteiger partial charge in [-0.25, -0.2) is 0 Å². The van der Waals surface area contributed by atoms with Crippen LogP contribution < -0.4 is 10.1 Å². The van der Waals surface area contributed by atoms with E-state index < -0.39 is 0 Å². The minimum Gasteiger partial charge on any atom is -0.496 e. The van der Waals surface area contributed by atoms with Gasteiger partial charge in [-0.3, -0.25) is 4.79 Å². The first-order valence-corrected chi connectivity index (χ1v) is 8.44. The van der Waals surface area contributed by atoms with E-state index in [9.17, 15) is 4.79 Å². The number of ether oxygens (including phenoxy) is 1. The summed E-state index contributed by atoms with van der Waals surface area (Å²) in [6, 6.07) is 14.0. The quantitative estimate of drug-likeness (QED) is 0.846. The van der Waals surface area contributed by atoms with Crippen molar-refractivity contribution in [2.45, 2.75) is 46.1 Å². The SMILES string of the molecule is COc1cc(C)c([C@@H](C)NC(=O)Cc2ccccc2)cc1C(C)C. The predicted molar refractivity (Wildman–Crippen MR) is 98.5 cm³/mol. The monoisotopic (exact) mass is 325 g/mol. The Morgan fingerprint density at radius 1 is 1.08 bits per heavy atom. The van der Waals surface area contributed by atoms with E-state index in [0.29, 0.717) is 12.3 Å². The second-order valence-electron chi connectivity index (χ2n) is 6.56. The average molecular weight is 325 g/mol. The van der Waals surface area contributed by atoms with E-state index in [0.717, 1.165) is 22.4 Å². The van der Waals surface area contributed by atoms with Crippen LogP contribution in [0.5, 0.6) is 5.75 Å². The molecule has 1 amide bonds. The standard InChI is InChI=1S/C21H27NO2/c1-14(2)18-13-19(15(3)11-20(18)24-5)16(4)22-21(23)12-17-9-7-6-8-10-17/h6-11,13-14,16H,12H2,1-5H3,(H,22,23)/t16-/m1/s1. The summed E-state index contributed by atoms with van der Waals surface area (Å²) in [5.74, 6) is 1.32. The van der Waals surface area contributed by atoms with Crippen molar-refractivity contribution in [2.24, 2.45) is 0 Å². The maximum atomic E-state index is 12.3. The number of hydrogen-bond donors (Lipinski definition) is 1. The first kappa shape index (κ1) is 18.1. The minimum atomic E-state index is -0.0374. The first-order valence-electron chi connectivity index (χ1n) is 8.44. The predicted octanol–water partition coefficient (Wildman–Crippen LogP) is 4.55. The Morgan fingerprint density at radius 3 is 2.33 bits per heavy atom. The molecule has 1 N–H and O–H groups in total. The zero-order chi connectivity index (χ0) is 17.7. The lowest BCUT2D eigenvalue weighted by Gasteiger charge is -2.21. The number of nitrogens with one attached hydrogen (secondary N) is 1. The Bertz CT molecular complexity index is 692. The van der Waals surface area contributed by atoms with Gasteiger partial charge >= 0.3 is 0 Å². The number of hydrogen-bond acceptors (Lipinski definition) is 2. The maximum absolute atomic E-state index is 12.3. The topological polar surface area (TPSA) is 38.3 Å². The number of methoxy groups -OCH3 is 1. The van der Waals surface area contributed by atoms with Crippen molar-refractivity contribution in [1.82, 2.24) is 5.32 Å². The van der Waals surface area contributed by atoms with Gasteiger partial charge in [-0.05, 0) is 54.2 Å². The summed E-state index contributed by atoms with van der Waals surface area (Å²) in [6.07, 6.45) is 0.400. The van der Waals surface area contributed by atoms with E-state index in [-0.39, 0.29) is 11.9 Å². The summed E-state index contributed by atoms with van der Waals surface area (Å²) in [5.41, 5.74) is 4.46. The van der Waals surface area contributed by atoms with Crippen LogP contribution >= 0.6 is 0 Å². The molecule has 2 rings (SSSR count). The first-order chi connectivity index (χ1) is 11.4. The molecular weight excluding hydrogens is 298 g/mol. The number of benzene rings is 2. The summed E-state index contributed by atoms with van der Waals surface area (Å²) in [5, 5.41) is 3.11. The van der Waals surface area contributed by atoms with Crippen molar-refractivity contribution in [3.63, 3.8) is 0 Å². The molecule has 3 heteroatoms. The van der Waals surface area contributed by atoms with Crippen LogP contribution in [0.1, 0.15) is 55.0 Å². The highest BCUT2D eigenvalue weighted by Gasteiger charge is 2.16. The van der Waals surface area contributed by atoms with Crippen molar-refractivity contribution >= 4 is 5.91 Å². The van der Waals surface area contributed by atoms with Crippen LogP contribution in [-0.2, 0) is 11.2 Å². The van der Waals surface area contributed by atoms with Gasteiger partial charge in [0.05, 0.1) is 19.6 Å². The molecule has 0 aliphatic heterocycles. The molecule has 0 heterocycles. The third-order valence-electron chi connectivity index (χ3n) is 4.29. The number of amides is 1. The summed E-state index contributed by atoms with van der Waals surface area (Å²) < 4.78 is 5.49. The second-order valence-corrected chi connectivity index (χ2v) is 6.56. The lowest BCUT2D eigenvalue weighted by molar-refractivity contribution is -0.121. The Kier molecular flexibility index (Phi) is 6.02. The lowest BCUT2D eigenvalue weighted by Crippen LogP contribution is -2.28. The van der Waals surface area contributed by atoms with Crippen LogP contribution in [0.2, 0.25) is 0 Å². The van der Waals surface area contributed by atoms with Crippen LogP contribution in [0.25, 0.3) is 0 Å². The Balaban J connectivity index is 2.15. The molecule has 0 aliphatic carbocycles. The number of aryl methyl sites for hydroxylation is 1. The zero-order valence-corrected chi connectivity index (χ0v) is 15.2. The van der Waals surface area contributed by atoms with Gasteiger partial charge < -0.3 is 10.1 Å². The van der Waals surface area contributed by atoms with E-state index in [4.69, 9.17) is 4.74 Å². The lowest BCUT2D eigenvalue weighted by atomic mass is 9.93. The molecule has 128 valence electrons. The molecule has 0 bridgehead atoms. The van der Waals surface area contributed by atoms with Crippen molar-refractivity contribution < 1.29 is 9.53 Å². The number of carbonyl (C=O) groups excluding carboxylic acids is 1. The zero-order valence-electron chi connectivity index (χ0n) is 15.2. The smallest absolute Gasteiger partial charge is 0.224 e. The van der Waals surface area contributed by atoms with Crippen LogP contribution in [0.15, 0.2) is 42.5 Å². The molecule has 24 heavy (non-hydrogen) atoms. The molecule has 2 aromatic rings. The molecule has 3 nitrogen and oxygen atoms in total. The molecule has 0 spiro atoms. The molecule has 0 saturated carbocycles. The third-order valence-corrected chi connectivity index (χ3v) is 4.29. The molecule has 0 aromatic heterocycles. The molecular formula is C21H27NO2. The summed E-state index contributed by atoms with van der Waals surface area (Å²) in [6.45, 7) is 8.38. The van der Waals surface area contributed by atoms with E-state index in [2.05, 4.69) is 38.2 Å². The van der Waals surface area contributed by atoms with Crippen LogP contribution in [0.3, 0.4) is 0 Å². The molecule has 0 aliphatic rings. The third kappa shape index (κ3) is 4.38. The Hall–Kier alpha value is -2.29. The summed E-state index contributed by atoms with van der Waals surface area (Å²) in [4.78, 5) is 12.3. The number of carbonyl (C=O) groups is 1. The van der Waals surface area contributed by atoms with Gasteiger partial charge in [-0.1, -0.05) is 44.2 Å². The summed E-state index contributed by atoms with van der Waals surface area (Å²) >= 11 is 0. The van der Waals surface area contributed by atoms with Crippen LogP contribution in [0.4, 0.5) is 0 Å². The normalized spacial score (nSPS) is 12.1. The minimum absolute atomic E-state index is 0.0371. The van der Waals surface area contributed by atoms with Gasteiger partial charge in [0.15, 0.2) is 0 Å². The molecule has 0 fully saturated rings. The molecule has 0 radical (unpaired) electrons. The summed E-state index contributed by atoms with van der Waals surface area (Å²) in [7, 11) is 1.70. The highest BCUT2D eigenvalue weighted by Crippen LogP contribution is 2.32. The largest absolute Gasteiger partial charge is 0.496 e. The van der Waals surface area contributed by atoms with Crippen molar-refractivity contribution in [3.8, 4) is 5.75 Å². The fraction of sp³-hybridized carbons (Fsp3) is 0.381. The van der Waals surface area contributed by atoms with E-state index in [1.54, 1.807) is 7.11 Å². The Morgan fingerprint density at radius 2 is 1.75 bits per heavy atom. The fourth-order valence-corrected chi connectivity index (χ4v) is 2.96. The fourth-order valence-electron chi connectivity index (χ4n) is 2.96. The van der Waals surface area contributed by atoms with E-state index in [1.807, 2.05) is 37.3 Å². The van der Waals surface area contributed by atoms with Gasteiger partial charge in [0.25, 0.3) is 0 Å². The average Bonchev–Trinajstić information content (AvgIpc) is 2.54. The highest BCUT2D eigenvalue weighted by atomic mass is 16.5. The molecule has 0 unspecified atom stereocenters. The van der Waals surface area contributed by atoms with Gasteiger partial charge in [-0.2, -0.15) is 0 Å². The molecule has 0 saturated heterocycles. The maximum Gasteiger partial charge on any atom is 0.224 e. The van der Waals surface area contributed by atoms with Crippen molar-refractivity contribution in [2.75, 3.05) is 7.11 Å². The molecule has 2 aromatic carbocycles. The second kappa shape index (κ2) is 8.00. The van der Waals surface area contributed by atoms with Crippen molar-refractivity contribution in [3.05, 3.63) is 64.7 Å². The van der Waals surface area contributed by atoms with Gasteiger partial charge in [-0.15, -0.1) is 0 Å². The van der Waals surface area contributed by atoms with Crippen LogP contribution in [0, 0.1) is 6.92 Å². The highest BCUT2D eigenvalue weighted by molar-refractivity contribution is 5.79.